The number of carbonyl (C=O) groups excluding carboxylic acids is 1. The predicted octanol–water partition coefficient (Wildman–Crippen LogP) is 1.76. The second-order valence-electron chi connectivity index (χ2n) is 3.20. The largest absolute Gasteiger partial charge is 0.360 e. The molecule has 0 amide bonds. The van der Waals surface area contributed by atoms with Gasteiger partial charge in [-0.3, -0.25) is 4.79 Å². The summed E-state index contributed by atoms with van der Waals surface area (Å²) in [6.07, 6.45) is 4.19. The van der Waals surface area contributed by atoms with Crippen molar-refractivity contribution in [3.05, 3.63) is 17.0 Å². The minimum absolute atomic E-state index is 0.0156. The van der Waals surface area contributed by atoms with Crippen molar-refractivity contribution in [1.82, 2.24) is 5.16 Å². The molecule has 0 N–H and O–H groups in total. The summed E-state index contributed by atoms with van der Waals surface area (Å²) < 4.78 is 5.08. The maximum atomic E-state index is 11.1. The van der Waals surface area contributed by atoms with Crippen LogP contribution in [0.5, 0.6) is 0 Å². The third-order valence-electron chi connectivity index (χ3n) is 2.28. The molecule has 3 nitrogen and oxygen atoms in total. The van der Waals surface area contributed by atoms with Crippen LogP contribution in [-0.4, -0.2) is 10.9 Å². The normalized spacial score (nSPS) is 15.8. The fourth-order valence-electron chi connectivity index (χ4n) is 1.66. The Kier molecular flexibility index (Phi) is 1.71. The van der Waals surface area contributed by atoms with E-state index in [1.54, 1.807) is 0 Å². The predicted molar refractivity (Wildman–Crippen MR) is 43.1 cm³/mol. The number of fused-ring (bicyclic) bond motifs is 1. The number of ketones is 1. The van der Waals surface area contributed by atoms with Crippen LogP contribution in [0.2, 0.25) is 0 Å². The molecule has 64 valence electrons. The van der Waals surface area contributed by atoms with Crippen molar-refractivity contribution in [3.8, 4) is 0 Å². The van der Waals surface area contributed by atoms with Crippen LogP contribution in [0.1, 0.15) is 41.6 Å². The summed E-state index contributed by atoms with van der Waals surface area (Å²) in [5.41, 5.74) is 1.60. The molecule has 1 aliphatic carbocycles. The van der Waals surface area contributed by atoms with Crippen molar-refractivity contribution in [2.75, 3.05) is 0 Å². The van der Waals surface area contributed by atoms with Gasteiger partial charge in [0.25, 0.3) is 0 Å². The molecule has 0 fully saturated rings. The average Bonchev–Trinajstić information content (AvgIpc) is 2.47. The standard InChI is InChI=1S/C9H11NO2/c1-6(11)9-7-4-2-3-5-8(7)12-10-9/h2-5H2,1H3. The second kappa shape index (κ2) is 2.73. The summed E-state index contributed by atoms with van der Waals surface area (Å²) in [5.74, 6) is 0.938. The summed E-state index contributed by atoms with van der Waals surface area (Å²) in [6.45, 7) is 1.53. The van der Waals surface area contributed by atoms with Crippen molar-refractivity contribution in [2.45, 2.75) is 32.6 Å². The zero-order valence-electron chi connectivity index (χ0n) is 7.09. The Morgan fingerprint density at radius 3 is 2.92 bits per heavy atom. The van der Waals surface area contributed by atoms with Crippen LogP contribution in [0.4, 0.5) is 0 Å². The van der Waals surface area contributed by atoms with Crippen LogP contribution in [-0.2, 0) is 12.8 Å². The zero-order chi connectivity index (χ0) is 8.55. The Bertz CT molecular complexity index is 314. The van der Waals surface area contributed by atoms with E-state index in [0.29, 0.717) is 5.69 Å². The Hall–Kier alpha value is -1.12. The Morgan fingerprint density at radius 1 is 1.42 bits per heavy atom. The molecule has 0 aromatic carbocycles. The lowest BCUT2D eigenvalue weighted by Crippen LogP contribution is -2.04. The van der Waals surface area contributed by atoms with Gasteiger partial charge >= 0.3 is 0 Å². The van der Waals surface area contributed by atoms with E-state index in [-0.39, 0.29) is 5.78 Å². The topological polar surface area (TPSA) is 43.1 Å². The van der Waals surface area contributed by atoms with Gasteiger partial charge in [-0.2, -0.15) is 0 Å². The lowest BCUT2D eigenvalue weighted by molar-refractivity contribution is 0.100. The molecule has 1 aromatic rings. The summed E-state index contributed by atoms with van der Waals surface area (Å²) >= 11 is 0. The molecular weight excluding hydrogens is 154 g/mol. The Labute approximate surface area is 70.7 Å². The van der Waals surface area contributed by atoms with E-state index in [0.717, 1.165) is 37.0 Å². The van der Waals surface area contributed by atoms with E-state index in [2.05, 4.69) is 5.16 Å². The number of hydrogen-bond acceptors (Lipinski definition) is 3. The lowest BCUT2D eigenvalue weighted by Gasteiger charge is -2.07. The van der Waals surface area contributed by atoms with E-state index in [1.807, 2.05) is 0 Å². The van der Waals surface area contributed by atoms with Crippen LogP contribution in [0.3, 0.4) is 0 Å². The van der Waals surface area contributed by atoms with Crippen molar-refractivity contribution in [2.24, 2.45) is 0 Å². The van der Waals surface area contributed by atoms with Crippen LogP contribution >= 0.6 is 0 Å². The molecule has 0 bridgehead atoms. The number of Topliss-reactive ketones (excluding diaryl/α,β-unsaturated/α-hetero) is 1. The maximum Gasteiger partial charge on any atom is 0.181 e. The van der Waals surface area contributed by atoms with E-state index >= 15 is 0 Å². The van der Waals surface area contributed by atoms with Gasteiger partial charge in [0.15, 0.2) is 11.5 Å². The summed E-state index contributed by atoms with van der Waals surface area (Å²) in [5, 5.41) is 3.77. The molecule has 0 radical (unpaired) electrons. The lowest BCUT2D eigenvalue weighted by atomic mass is 9.96. The first kappa shape index (κ1) is 7.53. The number of aromatic nitrogens is 1. The minimum Gasteiger partial charge on any atom is -0.360 e. The van der Waals surface area contributed by atoms with Crippen LogP contribution < -0.4 is 0 Å². The highest BCUT2D eigenvalue weighted by Crippen LogP contribution is 2.24. The molecule has 0 aliphatic heterocycles. The highest BCUT2D eigenvalue weighted by molar-refractivity contribution is 5.93. The first-order valence-corrected chi connectivity index (χ1v) is 4.27. The number of nitrogens with zero attached hydrogens (tertiary/aromatic N) is 1. The van der Waals surface area contributed by atoms with Crippen molar-refractivity contribution < 1.29 is 9.32 Å². The molecule has 12 heavy (non-hydrogen) atoms. The number of aryl methyl sites for hydroxylation is 1. The number of rotatable bonds is 1. The van der Waals surface area contributed by atoms with E-state index in [1.165, 1.54) is 6.92 Å². The molecule has 0 spiro atoms. The molecular formula is C9H11NO2. The zero-order valence-corrected chi connectivity index (χ0v) is 7.09. The molecule has 0 saturated carbocycles. The SMILES string of the molecule is CC(=O)c1noc2c1CCCC2. The fourth-order valence-corrected chi connectivity index (χ4v) is 1.66. The van der Waals surface area contributed by atoms with Gasteiger partial charge in [-0.05, 0) is 19.3 Å². The number of carbonyl (C=O) groups is 1. The van der Waals surface area contributed by atoms with Crippen molar-refractivity contribution in [3.63, 3.8) is 0 Å². The molecule has 0 saturated heterocycles. The van der Waals surface area contributed by atoms with E-state index in [4.69, 9.17) is 4.52 Å². The van der Waals surface area contributed by atoms with Crippen LogP contribution in [0, 0.1) is 0 Å². The molecule has 1 aliphatic rings. The third kappa shape index (κ3) is 1.05. The van der Waals surface area contributed by atoms with Gasteiger partial charge in [-0.25, -0.2) is 0 Å². The molecule has 1 heterocycles. The first-order chi connectivity index (χ1) is 5.79. The van der Waals surface area contributed by atoms with E-state index in [9.17, 15) is 4.79 Å². The van der Waals surface area contributed by atoms with Gasteiger partial charge < -0.3 is 4.52 Å². The van der Waals surface area contributed by atoms with Gasteiger partial charge in [-0.1, -0.05) is 5.16 Å². The highest BCUT2D eigenvalue weighted by Gasteiger charge is 2.21. The fraction of sp³-hybridized carbons (Fsp3) is 0.556. The molecule has 0 atom stereocenters. The van der Waals surface area contributed by atoms with Crippen LogP contribution in [0.25, 0.3) is 0 Å². The number of hydrogen-bond donors (Lipinski definition) is 0. The van der Waals surface area contributed by atoms with Crippen molar-refractivity contribution >= 4 is 5.78 Å². The smallest absolute Gasteiger partial charge is 0.181 e. The molecule has 1 aromatic heterocycles. The molecule has 0 unspecified atom stereocenters. The van der Waals surface area contributed by atoms with Gasteiger partial charge in [-0.15, -0.1) is 0 Å². The highest BCUT2D eigenvalue weighted by atomic mass is 16.5. The van der Waals surface area contributed by atoms with E-state index < -0.39 is 0 Å². The third-order valence-corrected chi connectivity index (χ3v) is 2.28. The van der Waals surface area contributed by atoms with Gasteiger partial charge in [0.2, 0.25) is 0 Å². The van der Waals surface area contributed by atoms with Gasteiger partial charge in [0, 0.05) is 18.9 Å². The van der Waals surface area contributed by atoms with Gasteiger partial charge in [0.1, 0.15) is 5.76 Å². The Morgan fingerprint density at radius 2 is 2.17 bits per heavy atom. The second-order valence-corrected chi connectivity index (χ2v) is 3.20. The monoisotopic (exact) mass is 165 g/mol. The minimum atomic E-state index is 0.0156. The maximum absolute atomic E-state index is 11.1. The van der Waals surface area contributed by atoms with Crippen LogP contribution in [0.15, 0.2) is 4.52 Å². The average molecular weight is 165 g/mol. The summed E-state index contributed by atoms with van der Waals surface area (Å²) in [4.78, 5) is 11.1. The Balaban J connectivity index is 2.44. The quantitative estimate of drug-likeness (QED) is 0.595. The first-order valence-electron chi connectivity index (χ1n) is 4.27. The van der Waals surface area contributed by atoms with Crippen molar-refractivity contribution in [1.29, 1.82) is 0 Å². The van der Waals surface area contributed by atoms with Gasteiger partial charge in [0.05, 0.1) is 0 Å². The summed E-state index contributed by atoms with van der Waals surface area (Å²) in [6, 6.07) is 0. The summed E-state index contributed by atoms with van der Waals surface area (Å²) in [7, 11) is 0. The molecule has 2 rings (SSSR count). The molecule has 3 heteroatoms.